The van der Waals surface area contributed by atoms with Gasteiger partial charge in [-0.25, -0.2) is 0 Å². The highest BCUT2D eigenvalue weighted by Gasteiger charge is 2.25. The lowest BCUT2D eigenvalue weighted by molar-refractivity contribution is 0.273. The molecule has 1 heterocycles. The molecule has 0 saturated carbocycles. The van der Waals surface area contributed by atoms with Crippen LogP contribution in [0.25, 0.3) is 0 Å². The number of benzene rings is 1. The first-order valence-corrected chi connectivity index (χ1v) is 5.46. The van der Waals surface area contributed by atoms with Crippen molar-refractivity contribution in [3.05, 3.63) is 29.8 Å². The number of nitrogens with one attached hydrogen (secondary N) is 3. The van der Waals surface area contributed by atoms with Crippen molar-refractivity contribution < 1.29 is 5.11 Å². The fraction of sp³-hybridized carbons (Fsp3) is 0.300. The summed E-state index contributed by atoms with van der Waals surface area (Å²) in [6.07, 6.45) is -0.776. The van der Waals surface area contributed by atoms with Crippen LogP contribution in [0.1, 0.15) is 5.56 Å². The van der Waals surface area contributed by atoms with E-state index in [1.807, 2.05) is 24.3 Å². The molecule has 5 nitrogen and oxygen atoms in total. The molecular formula is C10H14N4OS. The highest BCUT2D eigenvalue weighted by Crippen LogP contribution is 2.24. The fourth-order valence-electron chi connectivity index (χ4n) is 1.51. The van der Waals surface area contributed by atoms with Crippen LogP contribution in [0.2, 0.25) is 0 Å². The Labute approximate surface area is 99.3 Å². The van der Waals surface area contributed by atoms with Gasteiger partial charge in [-0.15, -0.1) is 12.6 Å². The number of para-hydroxylation sites is 1. The molecule has 1 aliphatic rings. The van der Waals surface area contributed by atoms with E-state index in [1.165, 1.54) is 0 Å². The molecule has 86 valence electrons. The number of aliphatic hydroxyl groups excluding tert-OH is 1. The summed E-state index contributed by atoms with van der Waals surface area (Å²) >= 11 is 4.17. The third-order valence-electron chi connectivity index (χ3n) is 2.33. The Hall–Kier alpha value is -1.24. The zero-order chi connectivity index (χ0) is 11.5. The minimum Gasteiger partial charge on any atom is -0.368 e. The molecule has 0 bridgehead atoms. The van der Waals surface area contributed by atoms with E-state index in [1.54, 1.807) is 7.05 Å². The number of hydrogen-bond donors (Lipinski definition) is 5. The molecular weight excluding hydrogens is 224 g/mol. The molecule has 2 atom stereocenters. The number of aliphatic hydroxyl groups is 1. The van der Waals surface area contributed by atoms with Gasteiger partial charge in [0.05, 0.1) is 0 Å². The molecule has 0 radical (unpaired) electrons. The number of anilines is 1. The first-order chi connectivity index (χ1) is 7.72. The lowest BCUT2D eigenvalue weighted by Crippen LogP contribution is -2.34. The Bertz CT molecular complexity index is 410. The van der Waals surface area contributed by atoms with Crippen LogP contribution in [0.4, 0.5) is 5.69 Å². The maximum Gasteiger partial charge on any atom is 0.170 e. The van der Waals surface area contributed by atoms with Crippen molar-refractivity contribution in [3.8, 4) is 0 Å². The molecule has 1 aromatic carbocycles. The number of fused-ring (bicyclic) bond motifs is 1. The summed E-state index contributed by atoms with van der Waals surface area (Å²) in [6.45, 7) is 0. The lowest BCUT2D eigenvalue weighted by atomic mass is 10.1. The number of rotatable bonds is 3. The van der Waals surface area contributed by atoms with Crippen LogP contribution < -0.4 is 16.1 Å². The van der Waals surface area contributed by atoms with E-state index in [0.29, 0.717) is 5.71 Å². The normalized spacial score (nSPS) is 22.7. The molecule has 0 aliphatic carbocycles. The van der Waals surface area contributed by atoms with Gasteiger partial charge in [0.2, 0.25) is 0 Å². The second-order valence-corrected chi connectivity index (χ2v) is 3.93. The van der Waals surface area contributed by atoms with Crippen LogP contribution in [0.15, 0.2) is 29.4 Å². The summed E-state index contributed by atoms with van der Waals surface area (Å²) < 4.78 is 0. The van der Waals surface area contributed by atoms with Crippen molar-refractivity contribution >= 4 is 24.0 Å². The summed E-state index contributed by atoms with van der Waals surface area (Å²) in [4.78, 5) is 0. The molecule has 1 aromatic rings. The van der Waals surface area contributed by atoms with E-state index >= 15 is 0 Å². The number of thiol groups is 1. The van der Waals surface area contributed by atoms with Gasteiger partial charge in [-0.05, 0) is 13.1 Å². The third-order valence-corrected chi connectivity index (χ3v) is 2.71. The molecule has 0 amide bonds. The van der Waals surface area contributed by atoms with Crippen molar-refractivity contribution in [1.82, 2.24) is 10.7 Å². The van der Waals surface area contributed by atoms with Gasteiger partial charge in [0, 0.05) is 11.3 Å². The quantitative estimate of drug-likeness (QED) is 0.295. The number of hydrogen-bond acceptors (Lipinski definition) is 6. The Kier molecular flexibility index (Phi) is 3.33. The van der Waals surface area contributed by atoms with Crippen molar-refractivity contribution in [3.63, 3.8) is 0 Å². The van der Waals surface area contributed by atoms with Gasteiger partial charge in [-0.3, -0.25) is 10.7 Å². The van der Waals surface area contributed by atoms with E-state index < -0.39 is 6.23 Å². The van der Waals surface area contributed by atoms with E-state index in [9.17, 15) is 5.11 Å². The Morgan fingerprint density at radius 2 is 2.25 bits per heavy atom. The first kappa shape index (κ1) is 11.3. The number of nitrogens with zero attached hydrogens (tertiary/aromatic N) is 1. The molecule has 0 spiro atoms. The Balaban J connectivity index is 2.22. The maximum atomic E-state index is 9.77. The van der Waals surface area contributed by atoms with Gasteiger partial charge in [0.1, 0.15) is 11.2 Å². The van der Waals surface area contributed by atoms with Crippen molar-refractivity contribution in [2.45, 2.75) is 11.7 Å². The Morgan fingerprint density at radius 1 is 1.50 bits per heavy atom. The van der Waals surface area contributed by atoms with Crippen LogP contribution in [-0.4, -0.2) is 29.6 Å². The maximum absolute atomic E-state index is 9.77. The minimum absolute atomic E-state index is 0.243. The van der Waals surface area contributed by atoms with Crippen molar-refractivity contribution in [2.24, 2.45) is 5.10 Å². The van der Waals surface area contributed by atoms with Crippen LogP contribution in [0.5, 0.6) is 0 Å². The van der Waals surface area contributed by atoms with Gasteiger partial charge in [0.25, 0.3) is 0 Å². The standard InChI is InChI=1S/C10H14N4OS/c1-11-10(16)14-13-8-6-4-2-3-5-7(6)12-9(8)15/h2-5,9-12,14-16H,1H3/b13-8-. The molecule has 0 fully saturated rings. The third kappa shape index (κ3) is 2.13. The summed E-state index contributed by atoms with van der Waals surface area (Å²) in [5, 5.41) is 19.7. The smallest absolute Gasteiger partial charge is 0.170 e. The molecule has 0 saturated heterocycles. The molecule has 2 rings (SSSR count). The zero-order valence-corrected chi connectivity index (χ0v) is 9.70. The second-order valence-electron chi connectivity index (χ2n) is 3.41. The highest BCUT2D eigenvalue weighted by atomic mass is 32.1. The topological polar surface area (TPSA) is 68.7 Å². The minimum atomic E-state index is -0.776. The predicted molar refractivity (Wildman–Crippen MR) is 67.6 cm³/mol. The van der Waals surface area contributed by atoms with E-state index in [-0.39, 0.29) is 5.50 Å². The summed E-state index contributed by atoms with van der Waals surface area (Å²) in [6, 6.07) is 7.62. The molecule has 16 heavy (non-hydrogen) atoms. The summed E-state index contributed by atoms with van der Waals surface area (Å²) in [7, 11) is 1.77. The van der Waals surface area contributed by atoms with Gasteiger partial charge >= 0.3 is 0 Å². The first-order valence-electron chi connectivity index (χ1n) is 4.95. The molecule has 4 N–H and O–H groups in total. The number of hydrazone groups is 1. The second kappa shape index (κ2) is 4.73. The Morgan fingerprint density at radius 3 is 3.00 bits per heavy atom. The fourth-order valence-corrected chi connectivity index (χ4v) is 1.57. The van der Waals surface area contributed by atoms with E-state index in [0.717, 1.165) is 11.3 Å². The van der Waals surface area contributed by atoms with Gasteiger partial charge in [-0.1, -0.05) is 18.2 Å². The van der Waals surface area contributed by atoms with Gasteiger partial charge in [0.15, 0.2) is 6.23 Å². The lowest BCUT2D eigenvalue weighted by Gasteiger charge is -2.10. The van der Waals surface area contributed by atoms with Gasteiger partial charge in [-0.2, -0.15) is 5.10 Å². The van der Waals surface area contributed by atoms with E-state index in [2.05, 4.69) is 33.8 Å². The summed E-state index contributed by atoms with van der Waals surface area (Å²) in [5.74, 6) is 0. The van der Waals surface area contributed by atoms with E-state index in [4.69, 9.17) is 0 Å². The zero-order valence-electron chi connectivity index (χ0n) is 8.81. The van der Waals surface area contributed by atoms with Crippen LogP contribution >= 0.6 is 12.6 Å². The molecule has 1 aliphatic heterocycles. The van der Waals surface area contributed by atoms with Crippen molar-refractivity contribution in [1.29, 1.82) is 0 Å². The van der Waals surface area contributed by atoms with Crippen LogP contribution in [0, 0.1) is 0 Å². The molecule has 6 heteroatoms. The predicted octanol–water partition coefficient (Wildman–Crippen LogP) is 0.157. The molecule has 0 aromatic heterocycles. The average molecular weight is 238 g/mol. The average Bonchev–Trinajstić information content (AvgIpc) is 2.62. The largest absolute Gasteiger partial charge is 0.368 e. The van der Waals surface area contributed by atoms with Crippen molar-refractivity contribution in [2.75, 3.05) is 12.4 Å². The summed E-state index contributed by atoms with van der Waals surface area (Å²) in [5.41, 5.74) is 4.90. The SMILES string of the molecule is CNC(S)N/N=C1/c2ccccc2NC1O. The highest BCUT2D eigenvalue weighted by molar-refractivity contribution is 7.80. The van der Waals surface area contributed by atoms with Crippen LogP contribution in [0.3, 0.4) is 0 Å². The van der Waals surface area contributed by atoms with Crippen LogP contribution in [-0.2, 0) is 0 Å². The molecule has 2 unspecified atom stereocenters. The monoisotopic (exact) mass is 238 g/mol. The van der Waals surface area contributed by atoms with Gasteiger partial charge < -0.3 is 10.4 Å².